The third-order valence-electron chi connectivity index (χ3n) is 5.34. The predicted octanol–water partition coefficient (Wildman–Crippen LogP) is 2.33. The van der Waals surface area contributed by atoms with Gasteiger partial charge in [0.2, 0.25) is 5.91 Å². The molecule has 0 bridgehead atoms. The van der Waals surface area contributed by atoms with Crippen molar-refractivity contribution < 1.29 is 19.6 Å². The number of carbonyl (C=O) groups is 1. The molecule has 1 fully saturated rings. The minimum atomic E-state index is -0.574. The predicted molar refractivity (Wildman–Crippen MR) is 120 cm³/mol. The molecule has 1 aliphatic heterocycles. The fourth-order valence-electron chi connectivity index (χ4n) is 3.56. The number of amides is 1. The first-order valence-corrected chi connectivity index (χ1v) is 10.6. The van der Waals surface area contributed by atoms with Crippen LogP contribution in [-0.4, -0.2) is 59.4 Å². The van der Waals surface area contributed by atoms with E-state index < -0.39 is 11.0 Å². The summed E-state index contributed by atoms with van der Waals surface area (Å²) in [6.07, 6.45) is 2.27. The van der Waals surface area contributed by atoms with Crippen molar-refractivity contribution in [2.24, 2.45) is 11.0 Å². The molecule has 9 heteroatoms. The number of ether oxygens (including phenoxy) is 1. The molecule has 1 saturated heterocycles. The van der Waals surface area contributed by atoms with Crippen molar-refractivity contribution >= 4 is 17.8 Å². The van der Waals surface area contributed by atoms with E-state index in [9.17, 15) is 20.0 Å². The second-order valence-corrected chi connectivity index (χ2v) is 7.81. The lowest BCUT2D eigenvalue weighted by molar-refractivity contribution is -0.384. The van der Waals surface area contributed by atoms with E-state index >= 15 is 0 Å². The molecule has 9 nitrogen and oxygen atoms in total. The number of aliphatic hydroxyl groups excluding tert-OH is 1. The van der Waals surface area contributed by atoms with Crippen LogP contribution < -0.4 is 5.43 Å². The van der Waals surface area contributed by atoms with Crippen LogP contribution >= 0.6 is 0 Å². The first-order chi connectivity index (χ1) is 15.5. The average molecular weight is 441 g/mol. The summed E-state index contributed by atoms with van der Waals surface area (Å²) in [5, 5.41) is 24.8. The first-order valence-electron chi connectivity index (χ1n) is 10.6. The normalized spacial score (nSPS) is 16.2. The molecule has 1 unspecified atom stereocenters. The zero-order chi connectivity index (χ0) is 22.8. The number of hydrogen-bond acceptors (Lipinski definition) is 7. The highest BCUT2D eigenvalue weighted by Gasteiger charge is 2.25. The van der Waals surface area contributed by atoms with Gasteiger partial charge in [0.1, 0.15) is 0 Å². The molecule has 1 heterocycles. The van der Waals surface area contributed by atoms with Crippen molar-refractivity contribution in [3.05, 3.63) is 75.8 Å². The number of aliphatic hydroxyl groups is 1. The highest BCUT2D eigenvalue weighted by Crippen LogP contribution is 2.18. The SMILES string of the molecule is O=C(N/N=C\c1ccc([N+](=O)[O-])cc1)C1CCN(CC(O)COCc2ccccc2)CC1. The van der Waals surface area contributed by atoms with E-state index in [-0.39, 0.29) is 24.1 Å². The lowest BCUT2D eigenvalue weighted by Crippen LogP contribution is -2.43. The topological polar surface area (TPSA) is 117 Å². The van der Waals surface area contributed by atoms with Crippen LogP contribution in [0.5, 0.6) is 0 Å². The molecule has 0 saturated carbocycles. The number of non-ortho nitro benzene ring substituents is 1. The van der Waals surface area contributed by atoms with Crippen molar-refractivity contribution in [2.75, 3.05) is 26.2 Å². The number of piperidine rings is 1. The summed E-state index contributed by atoms with van der Waals surface area (Å²) in [6, 6.07) is 15.7. The summed E-state index contributed by atoms with van der Waals surface area (Å²) < 4.78 is 5.59. The van der Waals surface area contributed by atoms with Gasteiger partial charge in [0.25, 0.3) is 5.69 Å². The number of hydrazone groups is 1. The smallest absolute Gasteiger partial charge is 0.269 e. The van der Waals surface area contributed by atoms with Crippen LogP contribution in [0.3, 0.4) is 0 Å². The van der Waals surface area contributed by atoms with Crippen LogP contribution in [0.4, 0.5) is 5.69 Å². The van der Waals surface area contributed by atoms with Gasteiger partial charge < -0.3 is 14.7 Å². The highest BCUT2D eigenvalue weighted by molar-refractivity contribution is 5.83. The Morgan fingerprint density at radius 2 is 1.91 bits per heavy atom. The quantitative estimate of drug-likeness (QED) is 0.333. The maximum absolute atomic E-state index is 12.3. The number of nitro groups is 1. The van der Waals surface area contributed by atoms with E-state index in [1.54, 1.807) is 12.1 Å². The Hall–Kier alpha value is -3.14. The van der Waals surface area contributed by atoms with E-state index in [0.717, 1.165) is 18.7 Å². The largest absolute Gasteiger partial charge is 0.389 e. The molecule has 0 aromatic heterocycles. The Morgan fingerprint density at radius 1 is 1.22 bits per heavy atom. The first kappa shape index (κ1) is 23.5. The van der Waals surface area contributed by atoms with Gasteiger partial charge in [-0.15, -0.1) is 0 Å². The summed E-state index contributed by atoms with van der Waals surface area (Å²) in [6.45, 7) is 2.70. The number of nitro benzene ring substituents is 1. The highest BCUT2D eigenvalue weighted by atomic mass is 16.6. The number of β-amino-alcohol motifs (C(OH)–C–C–N with tert-alkyl or cyclic N) is 1. The minimum absolute atomic E-state index is 0.00539. The van der Waals surface area contributed by atoms with Gasteiger partial charge >= 0.3 is 0 Å². The summed E-state index contributed by atoms with van der Waals surface area (Å²) in [5.74, 6) is -0.277. The Kier molecular flexibility index (Phi) is 8.85. The van der Waals surface area contributed by atoms with Crippen LogP contribution in [-0.2, 0) is 16.1 Å². The monoisotopic (exact) mass is 440 g/mol. The maximum Gasteiger partial charge on any atom is 0.269 e. The second kappa shape index (κ2) is 12.0. The number of nitrogens with zero attached hydrogens (tertiary/aromatic N) is 3. The van der Waals surface area contributed by atoms with Crippen molar-refractivity contribution in [2.45, 2.75) is 25.6 Å². The molecule has 1 atom stereocenters. The lowest BCUT2D eigenvalue weighted by Gasteiger charge is -2.32. The molecule has 0 spiro atoms. The zero-order valence-corrected chi connectivity index (χ0v) is 17.8. The average Bonchev–Trinajstić information content (AvgIpc) is 2.80. The van der Waals surface area contributed by atoms with Gasteiger partial charge in [0, 0.05) is 24.6 Å². The number of carbonyl (C=O) groups excluding carboxylic acids is 1. The van der Waals surface area contributed by atoms with Crippen LogP contribution in [0.2, 0.25) is 0 Å². The van der Waals surface area contributed by atoms with E-state index in [0.29, 0.717) is 31.6 Å². The number of hydrogen-bond donors (Lipinski definition) is 2. The van der Waals surface area contributed by atoms with Crippen molar-refractivity contribution in [3.63, 3.8) is 0 Å². The van der Waals surface area contributed by atoms with Crippen LogP contribution in [0, 0.1) is 16.0 Å². The minimum Gasteiger partial charge on any atom is -0.389 e. The van der Waals surface area contributed by atoms with Crippen molar-refractivity contribution in [1.82, 2.24) is 10.3 Å². The Balaban J connectivity index is 1.32. The Bertz CT molecular complexity index is 896. The number of likely N-dealkylation sites (tertiary alicyclic amines) is 1. The van der Waals surface area contributed by atoms with Crippen LogP contribution in [0.15, 0.2) is 59.7 Å². The van der Waals surface area contributed by atoms with Gasteiger partial charge in [-0.05, 0) is 49.2 Å². The Labute approximate surface area is 186 Å². The molecule has 1 amide bonds. The van der Waals surface area contributed by atoms with E-state index in [1.165, 1.54) is 18.3 Å². The van der Waals surface area contributed by atoms with E-state index in [1.807, 2.05) is 30.3 Å². The van der Waals surface area contributed by atoms with Gasteiger partial charge in [-0.25, -0.2) is 5.43 Å². The lowest BCUT2D eigenvalue weighted by atomic mass is 9.96. The van der Waals surface area contributed by atoms with Gasteiger partial charge in [-0.3, -0.25) is 14.9 Å². The third-order valence-corrected chi connectivity index (χ3v) is 5.34. The van der Waals surface area contributed by atoms with Crippen LogP contribution in [0.1, 0.15) is 24.0 Å². The molecule has 1 aliphatic rings. The van der Waals surface area contributed by atoms with Gasteiger partial charge in [0.05, 0.1) is 30.5 Å². The number of nitrogens with one attached hydrogen (secondary N) is 1. The van der Waals surface area contributed by atoms with E-state index in [2.05, 4.69) is 15.4 Å². The van der Waals surface area contributed by atoms with Crippen LogP contribution in [0.25, 0.3) is 0 Å². The van der Waals surface area contributed by atoms with Crippen molar-refractivity contribution in [1.29, 1.82) is 0 Å². The summed E-state index contributed by atoms with van der Waals surface area (Å²) >= 11 is 0. The molecular weight excluding hydrogens is 412 g/mol. The standard InChI is InChI=1S/C23H28N4O5/c28-22(17-32-16-19-4-2-1-3-5-19)15-26-12-10-20(11-13-26)23(29)25-24-14-18-6-8-21(9-7-18)27(30)31/h1-9,14,20,22,28H,10-13,15-17H2,(H,25,29)/b24-14-. The number of rotatable bonds is 10. The summed E-state index contributed by atoms with van der Waals surface area (Å²) in [5.41, 5.74) is 4.28. The molecule has 2 aromatic carbocycles. The molecular formula is C23H28N4O5. The van der Waals surface area contributed by atoms with E-state index in [4.69, 9.17) is 4.74 Å². The van der Waals surface area contributed by atoms with Gasteiger partial charge in [0.15, 0.2) is 0 Å². The molecule has 170 valence electrons. The van der Waals surface area contributed by atoms with Crippen molar-refractivity contribution in [3.8, 4) is 0 Å². The second-order valence-electron chi connectivity index (χ2n) is 7.81. The fraction of sp³-hybridized carbons (Fsp3) is 0.391. The Morgan fingerprint density at radius 3 is 2.56 bits per heavy atom. The maximum atomic E-state index is 12.3. The molecule has 0 aliphatic carbocycles. The third kappa shape index (κ3) is 7.52. The van der Waals surface area contributed by atoms with Gasteiger partial charge in [-0.2, -0.15) is 5.10 Å². The number of benzene rings is 2. The fourth-order valence-corrected chi connectivity index (χ4v) is 3.56. The summed E-state index contributed by atoms with van der Waals surface area (Å²) in [4.78, 5) is 24.7. The molecule has 0 radical (unpaired) electrons. The molecule has 32 heavy (non-hydrogen) atoms. The van der Waals surface area contributed by atoms with Gasteiger partial charge in [-0.1, -0.05) is 30.3 Å². The zero-order valence-electron chi connectivity index (χ0n) is 17.8. The molecule has 3 rings (SSSR count). The molecule has 2 aromatic rings. The molecule has 2 N–H and O–H groups in total. The summed E-state index contributed by atoms with van der Waals surface area (Å²) in [7, 11) is 0.